The Morgan fingerprint density at radius 2 is 2.00 bits per heavy atom. The monoisotopic (exact) mass is 378 g/mol. The molecular weight excluding hydrogens is 357 g/mol. The first kappa shape index (κ1) is 19.2. The van der Waals surface area contributed by atoms with Gasteiger partial charge in [-0.05, 0) is 24.5 Å². The van der Waals surface area contributed by atoms with E-state index in [0.29, 0.717) is 18.4 Å². The SMILES string of the molecule is C=C1C(O)=CN(CC2(c3cccc(C(F)(F)F)c3)CCCC2)N=C1C(C)=O. The zero-order chi connectivity index (χ0) is 19.8. The Kier molecular flexibility index (Phi) is 4.88. The number of rotatable bonds is 4. The smallest absolute Gasteiger partial charge is 0.416 e. The second kappa shape index (κ2) is 6.87. The molecule has 1 aromatic rings. The summed E-state index contributed by atoms with van der Waals surface area (Å²) in [6.45, 7) is 5.27. The molecule has 1 aromatic carbocycles. The third-order valence-corrected chi connectivity index (χ3v) is 5.26. The highest BCUT2D eigenvalue weighted by Gasteiger charge is 2.40. The number of hydrogen-bond acceptors (Lipinski definition) is 4. The number of nitrogens with zero attached hydrogens (tertiary/aromatic N) is 2. The molecule has 1 saturated carbocycles. The molecule has 0 amide bonds. The largest absolute Gasteiger partial charge is 0.506 e. The molecule has 1 aliphatic carbocycles. The number of hydrogen-bond donors (Lipinski definition) is 1. The summed E-state index contributed by atoms with van der Waals surface area (Å²) in [4.78, 5) is 11.8. The number of benzene rings is 1. The van der Waals surface area contributed by atoms with Crippen LogP contribution in [0.15, 0.2) is 53.5 Å². The Morgan fingerprint density at radius 1 is 1.33 bits per heavy atom. The average Bonchev–Trinajstić information content (AvgIpc) is 3.07. The minimum Gasteiger partial charge on any atom is -0.506 e. The maximum absolute atomic E-state index is 13.2. The van der Waals surface area contributed by atoms with E-state index in [-0.39, 0.29) is 29.4 Å². The molecule has 144 valence electrons. The van der Waals surface area contributed by atoms with Gasteiger partial charge in [-0.25, -0.2) is 0 Å². The highest BCUT2D eigenvalue weighted by atomic mass is 19.4. The lowest BCUT2D eigenvalue weighted by atomic mass is 9.78. The number of aliphatic hydroxyl groups is 1. The molecule has 4 nitrogen and oxygen atoms in total. The summed E-state index contributed by atoms with van der Waals surface area (Å²) in [5.41, 5.74) is -0.385. The molecular formula is C20H21F3N2O2. The highest BCUT2D eigenvalue weighted by molar-refractivity contribution is 6.46. The Bertz CT molecular complexity index is 834. The van der Waals surface area contributed by atoms with Gasteiger partial charge < -0.3 is 5.11 Å². The molecule has 0 atom stereocenters. The maximum Gasteiger partial charge on any atom is 0.416 e. The van der Waals surface area contributed by atoms with Gasteiger partial charge >= 0.3 is 6.18 Å². The molecule has 1 fully saturated rings. The van der Waals surface area contributed by atoms with Gasteiger partial charge in [-0.3, -0.25) is 9.80 Å². The van der Waals surface area contributed by atoms with E-state index in [9.17, 15) is 23.1 Å². The Hall–Kier alpha value is -2.57. The van der Waals surface area contributed by atoms with Crippen LogP contribution >= 0.6 is 0 Å². The van der Waals surface area contributed by atoms with E-state index < -0.39 is 17.2 Å². The van der Waals surface area contributed by atoms with Crippen molar-refractivity contribution < 1.29 is 23.1 Å². The number of carbonyl (C=O) groups excluding carboxylic acids is 1. The van der Waals surface area contributed by atoms with Crippen LogP contribution in [0.2, 0.25) is 0 Å². The van der Waals surface area contributed by atoms with Gasteiger partial charge in [0.15, 0.2) is 5.78 Å². The number of allylic oxidation sites excluding steroid dienone is 1. The molecule has 1 heterocycles. The quantitative estimate of drug-likeness (QED) is 0.824. The molecule has 0 bridgehead atoms. The van der Waals surface area contributed by atoms with Crippen LogP contribution in [0.3, 0.4) is 0 Å². The van der Waals surface area contributed by atoms with Crippen LogP contribution in [0.25, 0.3) is 0 Å². The molecule has 0 radical (unpaired) electrons. The van der Waals surface area contributed by atoms with Gasteiger partial charge in [0, 0.05) is 17.9 Å². The first-order valence-electron chi connectivity index (χ1n) is 8.77. The predicted octanol–water partition coefficient (Wildman–Crippen LogP) is 4.73. The molecule has 1 aliphatic heterocycles. The van der Waals surface area contributed by atoms with E-state index >= 15 is 0 Å². The maximum atomic E-state index is 13.2. The lowest BCUT2D eigenvalue weighted by Crippen LogP contribution is -2.37. The topological polar surface area (TPSA) is 52.9 Å². The van der Waals surface area contributed by atoms with Crippen molar-refractivity contribution in [3.05, 3.63) is 59.5 Å². The van der Waals surface area contributed by atoms with Gasteiger partial charge in [0.2, 0.25) is 0 Å². The van der Waals surface area contributed by atoms with E-state index in [0.717, 1.165) is 18.9 Å². The Labute approximate surface area is 155 Å². The fraction of sp³-hybridized carbons (Fsp3) is 0.400. The lowest BCUT2D eigenvalue weighted by Gasteiger charge is -2.35. The highest BCUT2D eigenvalue weighted by Crippen LogP contribution is 2.43. The van der Waals surface area contributed by atoms with Gasteiger partial charge in [-0.2, -0.15) is 18.3 Å². The third kappa shape index (κ3) is 3.77. The van der Waals surface area contributed by atoms with Crippen LogP contribution in [-0.4, -0.2) is 28.2 Å². The fourth-order valence-corrected chi connectivity index (χ4v) is 3.85. The van der Waals surface area contributed by atoms with Crippen molar-refractivity contribution >= 4 is 11.5 Å². The number of hydrazone groups is 1. The van der Waals surface area contributed by atoms with Crippen LogP contribution in [0.5, 0.6) is 0 Å². The van der Waals surface area contributed by atoms with Gasteiger partial charge in [0.1, 0.15) is 11.5 Å². The Balaban J connectivity index is 1.97. The van der Waals surface area contributed by atoms with E-state index in [1.807, 2.05) is 0 Å². The van der Waals surface area contributed by atoms with Crippen molar-refractivity contribution in [2.24, 2.45) is 5.10 Å². The van der Waals surface area contributed by atoms with Crippen LogP contribution in [0.4, 0.5) is 13.2 Å². The van der Waals surface area contributed by atoms with E-state index in [1.165, 1.54) is 30.3 Å². The van der Waals surface area contributed by atoms with Crippen LogP contribution in [0.1, 0.15) is 43.7 Å². The van der Waals surface area contributed by atoms with Crippen molar-refractivity contribution in [1.29, 1.82) is 0 Å². The van der Waals surface area contributed by atoms with Gasteiger partial charge in [-0.15, -0.1) is 0 Å². The van der Waals surface area contributed by atoms with Crippen LogP contribution < -0.4 is 0 Å². The fourth-order valence-electron chi connectivity index (χ4n) is 3.85. The molecule has 2 aliphatic rings. The summed E-state index contributed by atoms with van der Waals surface area (Å²) in [5, 5.41) is 15.8. The van der Waals surface area contributed by atoms with Crippen LogP contribution in [0, 0.1) is 0 Å². The standard InChI is InChI=1S/C20H21F3N2O2/c1-13-17(27)11-25(24-18(13)14(2)26)12-19(8-3-4-9-19)15-6-5-7-16(10-15)20(21,22)23/h5-7,10-11,27H,1,3-4,8-9,12H2,2H3. The zero-order valence-electron chi connectivity index (χ0n) is 15.0. The molecule has 0 saturated heterocycles. The number of carbonyl (C=O) groups is 1. The summed E-state index contributed by atoms with van der Waals surface area (Å²) >= 11 is 0. The minimum absolute atomic E-state index is 0.0622. The number of Topliss-reactive ketones (excluding diaryl/α,β-unsaturated/α-hetero) is 1. The normalized spacial score (nSPS) is 19.7. The number of ketones is 1. The third-order valence-electron chi connectivity index (χ3n) is 5.26. The first-order valence-corrected chi connectivity index (χ1v) is 8.77. The molecule has 0 aromatic heterocycles. The summed E-state index contributed by atoms with van der Waals surface area (Å²) in [6.07, 6.45) is 0.196. The molecule has 7 heteroatoms. The van der Waals surface area contributed by atoms with Gasteiger partial charge in [-0.1, -0.05) is 37.6 Å². The Morgan fingerprint density at radius 3 is 2.59 bits per heavy atom. The number of alkyl halides is 3. The summed E-state index contributed by atoms with van der Waals surface area (Å²) < 4.78 is 39.5. The van der Waals surface area contributed by atoms with E-state index in [1.54, 1.807) is 6.07 Å². The van der Waals surface area contributed by atoms with Gasteiger partial charge in [0.25, 0.3) is 0 Å². The second-order valence-corrected chi connectivity index (χ2v) is 7.16. The average molecular weight is 378 g/mol. The number of aliphatic hydroxyl groups excluding tert-OH is 1. The van der Waals surface area contributed by atoms with Crippen molar-refractivity contribution in [1.82, 2.24) is 5.01 Å². The van der Waals surface area contributed by atoms with E-state index in [4.69, 9.17) is 0 Å². The van der Waals surface area contributed by atoms with E-state index in [2.05, 4.69) is 11.7 Å². The second-order valence-electron chi connectivity index (χ2n) is 7.16. The minimum atomic E-state index is -4.41. The molecule has 3 rings (SSSR count). The molecule has 0 unspecified atom stereocenters. The molecule has 27 heavy (non-hydrogen) atoms. The van der Waals surface area contributed by atoms with Crippen molar-refractivity contribution in [2.75, 3.05) is 6.54 Å². The van der Waals surface area contributed by atoms with Crippen molar-refractivity contribution in [3.63, 3.8) is 0 Å². The summed E-state index contributed by atoms with van der Waals surface area (Å²) in [7, 11) is 0. The molecule has 1 N–H and O–H groups in total. The number of halogens is 3. The lowest BCUT2D eigenvalue weighted by molar-refractivity contribution is -0.137. The molecule has 0 spiro atoms. The predicted molar refractivity (Wildman–Crippen MR) is 96.3 cm³/mol. The van der Waals surface area contributed by atoms with Crippen molar-refractivity contribution in [2.45, 2.75) is 44.2 Å². The zero-order valence-corrected chi connectivity index (χ0v) is 15.0. The van der Waals surface area contributed by atoms with Gasteiger partial charge in [0.05, 0.1) is 18.3 Å². The summed E-state index contributed by atoms with van der Waals surface area (Å²) in [6, 6.07) is 5.40. The van der Waals surface area contributed by atoms with Crippen LogP contribution in [-0.2, 0) is 16.4 Å². The summed E-state index contributed by atoms with van der Waals surface area (Å²) in [5.74, 6) is -0.489. The van der Waals surface area contributed by atoms with Crippen molar-refractivity contribution in [3.8, 4) is 0 Å². The first-order chi connectivity index (χ1) is 12.6.